The van der Waals surface area contributed by atoms with E-state index in [2.05, 4.69) is 10.6 Å². The fourth-order valence-corrected chi connectivity index (χ4v) is 3.95. The molecule has 2 aromatic rings. The fourth-order valence-electron chi connectivity index (χ4n) is 2.98. The lowest BCUT2D eigenvalue weighted by Gasteiger charge is -2.16. The highest BCUT2D eigenvalue weighted by Gasteiger charge is 2.28. The molecule has 0 radical (unpaired) electrons. The number of benzene rings is 2. The van der Waals surface area contributed by atoms with Gasteiger partial charge in [0.25, 0.3) is 5.91 Å². The molecule has 1 saturated heterocycles. The lowest BCUT2D eigenvalue weighted by molar-refractivity contribution is -0.116. The second kappa shape index (κ2) is 9.00. The largest absolute Gasteiger partial charge is 0.495 e. The van der Waals surface area contributed by atoms with Gasteiger partial charge >= 0.3 is 0 Å². The van der Waals surface area contributed by atoms with Crippen LogP contribution in [0, 0.1) is 6.92 Å². The van der Waals surface area contributed by atoms with Gasteiger partial charge in [-0.05, 0) is 48.4 Å². The molecule has 1 aliphatic rings. The Morgan fingerprint density at radius 1 is 0.966 bits per heavy atom. The number of carbonyl (C=O) groups excluding carboxylic acids is 1. The predicted molar refractivity (Wildman–Crippen MR) is 115 cm³/mol. The molecule has 1 aliphatic heterocycles. The smallest absolute Gasteiger partial charge is 0.260 e. The topological polar surface area (TPSA) is 78.1 Å². The summed E-state index contributed by atoms with van der Waals surface area (Å²) in [5, 5.41) is 6.23. The van der Waals surface area contributed by atoms with E-state index in [1.807, 2.05) is 25.1 Å². The van der Waals surface area contributed by atoms with Gasteiger partial charge in [-0.15, -0.1) is 0 Å². The average Bonchev–Trinajstić information content (AvgIpc) is 3.05. The maximum atomic E-state index is 12.5. The quantitative estimate of drug-likeness (QED) is 0.668. The van der Waals surface area contributed by atoms with Crippen LogP contribution in [0.25, 0.3) is 6.08 Å². The number of anilines is 1. The van der Waals surface area contributed by atoms with Crippen molar-refractivity contribution in [2.75, 3.05) is 33.8 Å². The SMILES string of the molecule is COc1ccc(C)cc1NC1NC(=O)/C(=C/c2cc(OC)c(OC)c(OC)c2)S1. The van der Waals surface area contributed by atoms with Crippen molar-refractivity contribution in [2.24, 2.45) is 0 Å². The number of hydrogen-bond acceptors (Lipinski definition) is 7. The molecule has 2 aromatic carbocycles. The highest BCUT2D eigenvalue weighted by Crippen LogP contribution is 2.40. The van der Waals surface area contributed by atoms with Crippen LogP contribution in [0.1, 0.15) is 11.1 Å². The van der Waals surface area contributed by atoms with Gasteiger partial charge in [0, 0.05) is 0 Å². The number of methoxy groups -OCH3 is 4. The summed E-state index contributed by atoms with van der Waals surface area (Å²) in [4.78, 5) is 13.0. The van der Waals surface area contributed by atoms with Crippen LogP contribution < -0.4 is 29.6 Å². The number of aryl methyl sites for hydroxylation is 1. The molecule has 0 spiro atoms. The van der Waals surface area contributed by atoms with E-state index >= 15 is 0 Å². The van der Waals surface area contributed by atoms with Crippen LogP contribution in [0.15, 0.2) is 35.2 Å². The zero-order chi connectivity index (χ0) is 21.0. The van der Waals surface area contributed by atoms with Gasteiger partial charge in [-0.2, -0.15) is 0 Å². The normalized spacial score (nSPS) is 17.1. The summed E-state index contributed by atoms with van der Waals surface area (Å²) in [6, 6.07) is 9.44. The first-order valence-electron chi connectivity index (χ1n) is 8.89. The summed E-state index contributed by atoms with van der Waals surface area (Å²) >= 11 is 1.39. The first kappa shape index (κ1) is 20.7. The van der Waals surface area contributed by atoms with Crippen molar-refractivity contribution in [3.63, 3.8) is 0 Å². The van der Waals surface area contributed by atoms with Gasteiger partial charge in [-0.3, -0.25) is 4.79 Å². The number of carbonyl (C=O) groups is 1. The van der Waals surface area contributed by atoms with Crippen LogP contribution in [0.4, 0.5) is 5.69 Å². The van der Waals surface area contributed by atoms with Gasteiger partial charge in [0.15, 0.2) is 17.0 Å². The summed E-state index contributed by atoms with van der Waals surface area (Å²) in [5.41, 5.74) is 2.37. The summed E-state index contributed by atoms with van der Waals surface area (Å²) in [7, 11) is 6.28. The van der Waals surface area contributed by atoms with Gasteiger partial charge in [-0.25, -0.2) is 0 Å². The first-order chi connectivity index (χ1) is 14.0. The summed E-state index contributed by atoms with van der Waals surface area (Å²) in [6.45, 7) is 2.00. The van der Waals surface area contributed by atoms with Crippen molar-refractivity contribution in [1.29, 1.82) is 0 Å². The Kier molecular flexibility index (Phi) is 6.43. The lowest BCUT2D eigenvalue weighted by Crippen LogP contribution is -2.31. The molecule has 0 aliphatic carbocycles. The maximum absolute atomic E-state index is 12.5. The van der Waals surface area contributed by atoms with E-state index in [0.717, 1.165) is 16.8 Å². The first-order valence-corrected chi connectivity index (χ1v) is 9.77. The van der Waals surface area contributed by atoms with Crippen LogP contribution in [-0.2, 0) is 4.79 Å². The van der Waals surface area contributed by atoms with E-state index in [4.69, 9.17) is 18.9 Å². The van der Waals surface area contributed by atoms with Crippen molar-refractivity contribution < 1.29 is 23.7 Å². The molecular formula is C21H24N2O5S. The zero-order valence-electron chi connectivity index (χ0n) is 17.0. The minimum Gasteiger partial charge on any atom is -0.495 e. The van der Waals surface area contributed by atoms with Crippen molar-refractivity contribution in [1.82, 2.24) is 5.32 Å². The van der Waals surface area contributed by atoms with E-state index in [1.54, 1.807) is 46.6 Å². The van der Waals surface area contributed by atoms with E-state index < -0.39 is 0 Å². The van der Waals surface area contributed by atoms with E-state index in [1.165, 1.54) is 11.8 Å². The third kappa shape index (κ3) is 4.54. The molecule has 1 unspecified atom stereocenters. The Labute approximate surface area is 174 Å². The molecule has 1 heterocycles. The Morgan fingerprint density at radius 3 is 2.21 bits per heavy atom. The third-order valence-electron chi connectivity index (χ3n) is 4.36. The molecule has 1 amide bonds. The maximum Gasteiger partial charge on any atom is 0.260 e. The monoisotopic (exact) mass is 416 g/mol. The van der Waals surface area contributed by atoms with Crippen molar-refractivity contribution in [3.05, 3.63) is 46.4 Å². The summed E-state index contributed by atoms with van der Waals surface area (Å²) in [5.74, 6) is 2.12. The van der Waals surface area contributed by atoms with Crippen molar-refractivity contribution >= 4 is 29.4 Å². The van der Waals surface area contributed by atoms with E-state index in [0.29, 0.717) is 27.9 Å². The Hall–Kier alpha value is -3.00. The van der Waals surface area contributed by atoms with Gasteiger partial charge in [0.2, 0.25) is 5.75 Å². The molecule has 2 N–H and O–H groups in total. The van der Waals surface area contributed by atoms with Gasteiger partial charge in [0.1, 0.15) is 5.75 Å². The molecule has 1 atom stereocenters. The molecule has 0 saturated carbocycles. The van der Waals surface area contributed by atoms with Gasteiger partial charge in [-0.1, -0.05) is 17.8 Å². The lowest BCUT2D eigenvalue weighted by atomic mass is 10.1. The molecule has 0 bridgehead atoms. The number of rotatable bonds is 7. The number of ether oxygens (including phenoxy) is 4. The zero-order valence-corrected chi connectivity index (χ0v) is 17.8. The number of hydrogen-bond donors (Lipinski definition) is 2. The molecule has 154 valence electrons. The van der Waals surface area contributed by atoms with Crippen LogP contribution in [0.5, 0.6) is 23.0 Å². The minimum absolute atomic E-state index is 0.159. The van der Waals surface area contributed by atoms with Crippen molar-refractivity contribution in [3.8, 4) is 23.0 Å². The summed E-state index contributed by atoms with van der Waals surface area (Å²) < 4.78 is 21.5. The van der Waals surface area contributed by atoms with E-state index in [9.17, 15) is 4.79 Å². The van der Waals surface area contributed by atoms with Gasteiger partial charge < -0.3 is 29.6 Å². The Balaban J connectivity index is 1.84. The molecule has 7 nitrogen and oxygen atoms in total. The number of nitrogens with one attached hydrogen (secondary N) is 2. The number of thioether (sulfide) groups is 1. The minimum atomic E-state index is -0.313. The average molecular weight is 416 g/mol. The van der Waals surface area contributed by atoms with Crippen LogP contribution in [0.3, 0.4) is 0 Å². The Bertz CT molecular complexity index is 920. The van der Waals surface area contributed by atoms with Crippen LogP contribution >= 0.6 is 11.8 Å². The van der Waals surface area contributed by atoms with Crippen LogP contribution in [-0.4, -0.2) is 39.8 Å². The van der Waals surface area contributed by atoms with Gasteiger partial charge in [0.05, 0.1) is 39.0 Å². The standard InChI is InChI=1S/C21H24N2O5S/c1-12-6-7-15(25-2)14(8-12)22-21-23-20(24)18(29-21)11-13-9-16(26-3)19(28-5)17(10-13)27-4/h6-11,21-22H,1-5H3,(H,23,24)/b18-11-. The molecule has 29 heavy (non-hydrogen) atoms. The third-order valence-corrected chi connectivity index (χ3v) is 5.39. The Morgan fingerprint density at radius 2 is 1.62 bits per heavy atom. The molecule has 0 aromatic heterocycles. The summed E-state index contributed by atoms with van der Waals surface area (Å²) in [6.07, 6.45) is 1.79. The van der Waals surface area contributed by atoms with Crippen molar-refractivity contribution in [2.45, 2.75) is 12.4 Å². The fraction of sp³-hybridized carbons (Fsp3) is 0.286. The second-order valence-corrected chi connectivity index (χ2v) is 7.43. The molecule has 1 fully saturated rings. The predicted octanol–water partition coefficient (Wildman–Crippen LogP) is 3.63. The molecule has 8 heteroatoms. The molecular weight excluding hydrogens is 392 g/mol. The second-order valence-electron chi connectivity index (χ2n) is 6.29. The van der Waals surface area contributed by atoms with E-state index in [-0.39, 0.29) is 11.4 Å². The highest BCUT2D eigenvalue weighted by atomic mass is 32.2. The number of amides is 1. The highest BCUT2D eigenvalue weighted by molar-refractivity contribution is 8.05. The van der Waals surface area contributed by atoms with Crippen LogP contribution in [0.2, 0.25) is 0 Å². The molecule has 3 rings (SSSR count).